The van der Waals surface area contributed by atoms with Crippen LogP contribution in [-0.4, -0.2) is 16.9 Å². The van der Waals surface area contributed by atoms with Crippen LogP contribution in [0.4, 0.5) is 0 Å². The number of hydrogen-bond donors (Lipinski definition) is 1. The lowest BCUT2D eigenvalue weighted by Gasteiger charge is -2.11. The zero-order chi connectivity index (χ0) is 11.9. The van der Waals surface area contributed by atoms with Crippen molar-refractivity contribution in [3.05, 3.63) is 34.9 Å². The van der Waals surface area contributed by atoms with Crippen LogP contribution in [0.25, 0.3) is 0 Å². The van der Waals surface area contributed by atoms with Crippen molar-refractivity contribution in [3.63, 3.8) is 0 Å². The smallest absolute Gasteiger partial charge is 0.317 e. The molecule has 3 nitrogen and oxygen atoms in total. The highest BCUT2D eigenvalue weighted by Crippen LogP contribution is 2.48. The van der Waals surface area contributed by atoms with E-state index in [9.17, 15) is 9.59 Å². The van der Waals surface area contributed by atoms with Gasteiger partial charge in [0.05, 0.1) is 0 Å². The van der Waals surface area contributed by atoms with Gasteiger partial charge in [0.15, 0.2) is 5.78 Å². The molecular formula is C13H14O3. The number of aryl methyl sites for hydroxylation is 2. The number of Topliss-reactive ketones (excluding diaryl/α,β-unsaturated/α-hetero) is 1. The van der Waals surface area contributed by atoms with Crippen LogP contribution in [0.2, 0.25) is 0 Å². The number of carbonyl (C=O) groups excluding carboxylic acids is 1. The monoisotopic (exact) mass is 218 g/mol. The lowest BCUT2D eigenvalue weighted by atomic mass is 9.91. The molecule has 0 saturated heterocycles. The summed E-state index contributed by atoms with van der Waals surface area (Å²) in [4.78, 5) is 23.2. The van der Waals surface area contributed by atoms with Gasteiger partial charge in [-0.2, -0.15) is 0 Å². The Balaban J connectivity index is 2.42. The number of aliphatic carboxylic acids is 1. The normalized spacial score (nSPS) is 16.9. The molecule has 1 aliphatic rings. The van der Waals surface area contributed by atoms with Crippen LogP contribution in [0.3, 0.4) is 0 Å². The van der Waals surface area contributed by atoms with Gasteiger partial charge in [0.2, 0.25) is 0 Å². The molecule has 1 aliphatic carbocycles. The van der Waals surface area contributed by atoms with Crippen molar-refractivity contribution in [3.8, 4) is 0 Å². The molecule has 0 aliphatic heterocycles. The fraction of sp³-hybridized carbons (Fsp3) is 0.385. The van der Waals surface area contributed by atoms with Crippen LogP contribution in [0.5, 0.6) is 0 Å². The van der Waals surface area contributed by atoms with Crippen molar-refractivity contribution in [2.75, 3.05) is 0 Å². The van der Waals surface area contributed by atoms with Crippen LogP contribution in [0.15, 0.2) is 18.2 Å². The number of hydrogen-bond acceptors (Lipinski definition) is 2. The summed E-state index contributed by atoms with van der Waals surface area (Å²) < 4.78 is 0. The lowest BCUT2D eigenvalue weighted by molar-refractivity contribution is -0.141. The third kappa shape index (κ3) is 1.52. The first-order chi connectivity index (χ1) is 7.47. The number of carbonyl (C=O) groups is 2. The molecule has 3 heteroatoms. The second-order valence-electron chi connectivity index (χ2n) is 4.53. The molecule has 1 saturated carbocycles. The Bertz CT molecular complexity index is 470. The molecule has 0 amide bonds. The fourth-order valence-electron chi connectivity index (χ4n) is 1.90. The van der Waals surface area contributed by atoms with E-state index < -0.39 is 11.4 Å². The van der Waals surface area contributed by atoms with Crippen molar-refractivity contribution < 1.29 is 14.7 Å². The lowest BCUT2D eigenvalue weighted by Crippen LogP contribution is -2.26. The molecule has 1 aromatic rings. The van der Waals surface area contributed by atoms with E-state index >= 15 is 0 Å². The Morgan fingerprint density at radius 2 is 1.88 bits per heavy atom. The Morgan fingerprint density at radius 1 is 1.25 bits per heavy atom. The maximum Gasteiger partial charge on any atom is 0.317 e. The highest BCUT2D eigenvalue weighted by molar-refractivity contribution is 6.15. The third-order valence-electron chi connectivity index (χ3n) is 3.23. The van der Waals surface area contributed by atoms with Gasteiger partial charge >= 0.3 is 5.97 Å². The van der Waals surface area contributed by atoms with E-state index in [0.29, 0.717) is 18.4 Å². The first-order valence-electron chi connectivity index (χ1n) is 5.33. The molecule has 1 N–H and O–H groups in total. The van der Waals surface area contributed by atoms with Gasteiger partial charge in [0.1, 0.15) is 5.41 Å². The van der Waals surface area contributed by atoms with Crippen LogP contribution in [-0.2, 0) is 4.79 Å². The predicted molar refractivity (Wildman–Crippen MR) is 59.5 cm³/mol. The summed E-state index contributed by atoms with van der Waals surface area (Å²) in [5, 5.41) is 9.07. The van der Waals surface area contributed by atoms with Gasteiger partial charge in [-0.1, -0.05) is 17.7 Å². The van der Waals surface area contributed by atoms with E-state index in [1.807, 2.05) is 26.0 Å². The first kappa shape index (κ1) is 10.9. The van der Waals surface area contributed by atoms with Gasteiger partial charge in [0, 0.05) is 5.56 Å². The molecule has 0 aromatic heterocycles. The largest absolute Gasteiger partial charge is 0.480 e. The number of rotatable bonds is 3. The minimum Gasteiger partial charge on any atom is -0.480 e. The summed E-state index contributed by atoms with van der Waals surface area (Å²) in [5.41, 5.74) is 1.26. The molecule has 0 spiro atoms. The molecule has 0 radical (unpaired) electrons. The van der Waals surface area contributed by atoms with Gasteiger partial charge in [-0.15, -0.1) is 0 Å². The Labute approximate surface area is 94.1 Å². The van der Waals surface area contributed by atoms with E-state index in [1.165, 1.54) is 0 Å². The van der Waals surface area contributed by atoms with Gasteiger partial charge in [-0.05, 0) is 38.3 Å². The predicted octanol–water partition coefficient (Wildman–Crippen LogP) is 2.35. The SMILES string of the molecule is Cc1ccc(C)c(C(=O)C2(C(=O)O)CC2)c1. The zero-order valence-electron chi connectivity index (χ0n) is 9.41. The maximum atomic E-state index is 12.2. The number of ketones is 1. The van der Waals surface area contributed by atoms with Crippen LogP contribution >= 0.6 is 0 Å². The number of carboxylic acid groups (broad SMARTS) is 1. The fourth-order valence-corrected chi connectivity index (χ4v) is 1.90. The third-order valence-corrected chi connectivity index (χ3v) is 3.23. The number of benzene rings is 1. The van der Waals surface area contributed by atoms with E-state index in [0.717, 1.165) is 11.1 Å². The molecule has 16 heavy (non-hydrogen) atoms. The molecule has 0 bridgehead atoms. The van der Waals surface area contributed by atoms with Crippen molar-refractivity contribution in [1.82, 2.24) is 0 Å². The molecule has 1 fully saturated rings. The van der Waals surface area contributed by atoms with Gasteiger partial charge in [-0.3, -0.25) is 9.59 Å². The molecule has 2 rings (SSSR count). The quantitative estimate of drug-likeness (QED) is 0.625. The Hall–Kier alpha value is -1.64. The second kappa shape index (κ2) is 3.44. The van der Waals surface area contributed by atoms with Crippen LogP contribution in [0, 0.1) is 19.3 Å². The van der Waals surface area contributed by atoms with Crippen molar-refractivity contribution in [2.45, 2.75) is 26.7 Å². The Kier molecular flexibility index (Phi) is 2.34. The summed E-state index contributed by atoms with van der Waals surface area (Å²) in [6, 6.07) is 5.56. The van der Waals surface area contributed by atoms with Gasteiger partial charge < -0.3 is 5.11 Å². The summed E-state index contributed by atoms with van der Waals surface area (Å²) in [5.74, 6) is -1.22. The zero-order valence-corrected chi connectivity index (χ0v) is 9.41. The Morgan fingerprint density at radius 3 is 2.38 bits per heavy atom. The second-order valence-corrected chi connectivity index (χ2v) is 4.53. The molecule has 84 valence electrons. The van der Waals surface area contributed by atoms with Gasteiger partial charge in [0.25, 0.3) is 0 Å². The van der Waals surface area contributed by atoms with Crippen molar-refractivity contribution in [1.29, 1.82) is 0 Å². The van der Waals surface area contributed by atoms with Crippen molar-refractivity contribution >= 4 is 11.8 Å². The van der Waals surface area contributed by atoms with Crippen LogP contribution < -0.4 is 0 Å². The topological polar surface area (TPSA) is 54.4 Å². The molecule has 0 heterocycles. The minimum atomic E-state index is -1.13. The van der Waals surface area contributed by atoms with Gasteiger partial charge in [-0.25, -0.2) is 0 Å². The average molecular weight is 218 g/mol. The standard InChI is InChI=1S/C13H14O3/c1-8-3-4-9(2)10(7-8)11(14)13(5-6-13)12(15)16/h3-4,7H,5-6H2,1-2H3,(H,15,16). The van der Waals surface area contributed by atoms with Crippen molar-refractivity contribution in [2.24, 2.45) is 5.41 Å². The van der Waals surface area contributed by atoms with E-state index in [2.05, 4.69) is 0 Å². The molecule has 0 atom stereocenters. The number of carboxylic acids is 1. The summed E-state index contributed by atoms with van der Waals surface area (Å²) in [7, 11) is 0. The maximum absolute atomic E-state index is 12.2. The molecular weight excluding hydrogens is 204 g/mol. The summed E-state index contributed by atoms with van der Waals surface area (Å²) in [6.07, 6.45) is 0.934. The van der Waals surface area contributed by atoms with E-state index in [4.69, 9.17) is 5.11 Å². The summed E-state index contributed by atoms with van der Waals surface area (Å²) in [6.45, 7) is 3.74. The highest BCUT2D eigenvalue weighted by atomic mass is 16.4. The first-order valence-corrected chi connectivity index (χ1v) is 5.33. The minimum absolute atomic E-state index is 0.235. The van der Waals surface area contributed by atoms with E-state index in [-0.39, 0.29) is 5.78 Å². The molecule has 1 aromatic carbocycles. The summed E-state index contributed by atoms with van der Waals surface area (Å²) >= 11 is 0. The van der Waals surface area contributed by atoms with Crippen LogP contribution in [0.1, 0.15) is 34.3 Å². The average Bonchev–Trinajstić information content (AvgIpc) is 3.01. The van der Waals surface area contributed by atoms with E-state index in [1.54, 1.807) is 6.07 Å². The highest BCUT2D eigenvalue weighted by Gasteiger charge is 2.57. The molecule has 0 unspecified atom stereocenters.